The molecule has 0 aromatic heterocycles. The van der Waals surface area contributed by atoms with E-state index in [9.17, 15) is 9.59 Å². The third kappa shape index (κ3) is 8.33. The predicted octanol–water partition coefficient (Wildman–Crippen LogP) is 3.66. The summed E-state index contributed by atoms with van der Waals surface area (Å²) in [6, 6.07) is 0. The molecule has 0 radical (unpaired) electrons. The van der Waals surface area contributed by atoms with Crippen LogP contribution in [0.5, 0.6) is 0 Å². The van der Waals surface area contributed by atoms with Gasteiger partial charge in [0.25, 0.3) is 0 Å². The zero-order chi connectivity index (χ0) is 20.8. The number of hydrogen-bond acceptors (Lipinski definition) is 5. The smallest absolute Gasteiger partial charge is 0.411 e. The Balaban J connectivity index is 3.05. The fourth-order valence-corrected chi connectivity index (χ4v) is 2.63. The molecule has 1 heterocycles. The Kier molecular flexibility index (Phi) is 11.2. The fourth-order valence-electron chi connectivity index (χ4n) is 2.63. The van der Waals surface area contributed by atoms with Crippen molar-refractivity contribution in [3.8, 4) is 0 Å². The fraction of sp³-hybridized carbons (Fsp3) is 0.524. The number of unbranched alkanes of at least 4 members (excludes halogenated alkanes) is 1. The lowest BCUT2D eigenvalue weighted by atomic mass is 10.2. The van der Waals surface area contributed by atoms with E-state index < -0.39 is 6.09 Å². The molecule has 1 aliphatic heterocycles. The second-order valence-electron chi connectivity index (χ2n) is 6.29. The van der Waals surface area contributed by atoms with Crippen LogP contribution in [0.25, 0.3) is 0 Å². The van der Waals surface area contributed by atoms with Crippen LogP contribution in [0.2, 0.25) is 0 Å². The van der Waals surface area contributed by atoms with Crippen molar-refractivity contribution in [2.45, 2.75) is 39.0 Å². The monoisotopic (exact) mass is 392 g/mol. The number of ether oxygens (including phenoxy) is 3. The van der Waals surface area contributed by atoms with Crippen molar-refractivity contribution in [1.82, 2.24) is 10.2 Å². The average Bonchev–Trinajstić information content (AvgIpc) is 3.22. The Hall–Kier alpha value is -2.70. The zero-order valence-electron chi connectivity index (χ0n) is 17.0. The first-order chi connectivity index (χ1) is 13.5. The van der Waals surface area contributed by atoms with Crippen LogP contribution in [0.4, 0.5) is 4.79 Å². The summed E-state index contributed by atoms with van der Waals surface area (Å²) in [4.78, 5) is 26.4. The summed E-state index contributed by atoms with van der Waals surface area (Å²) in [7, 11) is 1.51. The average molecular weight is 392 g/mol. The maximum atomic E-state index is 12.6. The lowest BCUT2D eigenvalue weighted by molar-refractivity contribution is -0.129. The van der Waals surface area contributed by atoms with Gasteiger partial charge in [0.1, 0.15) is 6.61 Å². The molecule has 0 spiro atoms. The zero-order valence-corrected chi connectivity index (χ0v) is 17.0. The second-order valence-corrected chi connectivity index (χ2v) is 6.29. The van der Waals surface area contributed by atoms with Gasteiger partial charge in [-0.15, -0.1) is 0 Å². The van der Waals surface area contributed by atoms with E-state index in [1.165, 1.54) is 19.3 Å². The molecular formula is C21H32N2O5. The van der Waals surface area contributed by atoms with Gasteiger partial charge in [-0.1, -0.05) is 32.6 Å². The number of nitrogens with zero attached hydrogens (tertiary/aromatic N) is 1. The topological polar surface area (TPSA) is 77.1 Å². The van der Waals surface area contributed by atoms with E-state index in [1.54, 1.807) is 11.0 Å². The molecule has 1 saturated heterocycles. The lowest BCUT2D eigenvalue weighted by Crippen LogP contribution is -2.32. The van der Waals surface area contributed by atoms with Gasteiger partial charge >= 0.3 is 6.09 Å². The predicted molar refractivity (Wildman–Crippen MR) is 108 cm³/mol. The molecule has 0 saturated carbocycles. The molecule has 0 bridgehead atoms. The van der Waals surface area contributed by atoms with Crippen LogP contribution in [0.1, 0.15) is 39.0 Å². The van der Waals surface area contributed by atoms with E-state index in [4.69, 9.17) is 14.2 Å². The molecule has 7 heteroatoms. The van der Waals surface area contributed by atoms with Gasteiger partial charge in [0.15, 0.2) is 11.5 Å². The van der Waals surface area contributed by atoms with Crippen molar-refractivity contribution in [2.24, 2.45) is 0 Å². The minimum atomic E-state index is -0.661. The van der Waals surface area contributed by atoms with Crippen molar-refractivity contribution in [1.29, 1.82) is 0 Å². The highest BCUT2D eigenvalue weighted by molar-refractivity contribution is 5.81. The summed E-state index contributed by atoms with van der Waals surface area (Å²) >= 11 is 0. The molecule has 156 valence electrons. The van der Waals surface area contributed by atoms with Gasteiger partial charge in [-0.25, -0.2) is 4.79 Å². The van der Waals surface area contributed by atoms with Gasteiger partial charge in [-0.05, 0) is 25.3 Å². The quantitative estimate of drug-likeness (QED) is 0.237. The minimum absolute atomic E-state index is 0.0258. The minimum Gasteiger partial charge on any atom is -0.493 e. The van der Waals surface area contributed by atoms with Crippen molar-refractivity contribution >= 4 is 12.0 Å². The van der Waals surface area contributed by atoms with Crippen LogP contribution in [-0.4, -0.2) is 50.3 Å². The van der Waals surface area contributed by atoms with Crippen molar-refractivity contribution in [3.05, 3.63) is 48.6 Å². The summed E-state index contributed by atoms with van der Waals surface area (Å²) in [5.74, 6) is 0.765. The molecule has 0 aromatic carbocycles. The highest BCUT2D eigenvalue weighted by atomic mass is 16.5. The highest BCUT2D eigenvalue weighted by Gasteiger charge is 2.20. The summed E-state index contributed by atoms with van der Waals surface area (Å²) in [5, 5.41) is 2.63. The van der Waals surface area contributed by atoms with Crippen LogP contribution in [0, 0.1) is 0 Å². The van der Waals surface area contributed by atoms with E-state index in [0.717, 1.165) is 38.8 Å². The van der Waals surface area contributed by atoms with Gasteiger partial charge < -0.3 is 19.1 Å². The molecule has 1 aliphatic rings. The molecule has 1 N–H and O–H groups in total. The van der Waals surface area contributed by atoms with Crippen LogP contribution in [-0.2, 0) is 19.0 Å². The number of amides is 2. The Bertz CT molecular complexity index is 604. The third-order valence-corrected chi connectivity index (χ3v) is 4.10. The largest absolute Gasteiger partial charge is 0.493 e. The van der Waals surface area contributed by atoms with Gasteiger partial charge in [-0.2, -0.15) is 0 Å². The summed E-state index contributed by atoms with van der Waals surface area (Å²) in [6.45, 7) is 11.3. The molecule has 1 rings (SSSR count). The lowest BCUT2D eigenvalue weighted by Gasteiger charge is -2.18. The Morgan fingerprint density at radius 2 is 1.86 bits per heavy atom. The number of nitrogens with one attached hydrogen (secondary N) is 1. The molecule has 2 amide bonds. The second kappa shape index (κ2) is 13.5. The molecular weight excluding hydrogens is 360 g/mol. The number of likely N-dealkylation sites (tertiary alicyclic amines) is 1. The molecule has 0 atom stereocenters. The maximum Gasteiger partial charge on any atom is 0.411 e. The van der Waals surface area contributed by atoms with E-state index in [0.29, 0.717) is 23.8 Å². The van der Waals surface area contributed by atoms with Crippen molar-refractivity contribution in [3.63, 3.8) is 0 Å². The number of alkyl carbamates (subject to hydrolysis) is 1. The van der Waals surface area contributed by atoms with Gasteiger partial charge in [0, 0.05) is 24.9 Å². The van der Waals surface area contributed by atoms with Crippen LogP contribution >= 0.6 is 0 Å². The Morgan fingerprint density at radius 3 is 2.43 bits per heavy atom. The van der Waals surface area contributed by atoms with Gasteiger partial charge in [0.2, 0.25) is 5.91 Å². The first kappa shape index (κ1) is 23.3. The number of rotatable bonds is 12. The first-order valence-electron chi connectivity index (χ1n) is 9.62. The Labute approximate surface area is 167 Å². The number of hydrogen-bond donors (Lipinski definition) is 1. The summed E-state index contributed by atoms with van der Waals surface area (Å²) in [5.41, 5.74) is 0.369. The number of carbonyl (C=O) groups excluding carboxylic acids is 2. The van der Waals surface area contributed by atoms with Crippen LogP contribution in [0.15, 0.2) is 48.6 Å². The van der Waals surface area contributed by atoms with Crippen molar-refractivity contribution in [2.75, 3.05) is 33.4 Å². The number of allylic oxidation sites excluding steroid dienone is 2. The SMILES string of the molecule is C=CCOC(=O)N/C(=C/C(OCCCC)=C(\C=C)OC)CC(=O)N1CCCC1. The van der Waals surface area contributed by atoms with Crippen LogP contribution < -0.4 is 5.32 Å². The van der Waals surface area contributed by atoms with Gasteiger partial charge in [-0.3, -0.25) is 10.1 Å². The van der Waals surface area contributed by atoms with E-state index in [1.807, 2.05) is 0 Å². The molecule has 0 unspecified atom stereocenters. The number of carbonyl (C=O) groups is 2. The van der Waals surface area contributed by atoms with Crippen LogP contribution in [0.3, 0.4) is 0 Å². The molecule has 0 aliphatic carbocycles. The van der Waals surface area contributed by atoms with E-state index in [2.05, 4.69) is 25.4 Å². The molecule has 1 fully saturated rings. The van der Waals surface area contributed by atoms with Gasteiger partial charge in [0.05, 0.1) is 20.1 Å². The molecule has 28 heavy (non-hydrogen) atoms. The normalized spacial score (nSPS) is 14.8. The number of methoxy groups -OCH3 is 1. The molecule has 0 aromatic rings. The molecule has 7 nitrogen and oxygen atoms in total. The summed E-state index contributed by atoms with van der Waals surface area (Å²) < 4.78 is 16.1. The summed E-state index contributed by atoms with van der Waals surface area (Å²) in [6.07, 6.45) is 7.78. The third-order valence-electron chi connectivity index (χ3n) is 4.10. The standard InChI is InChI=1S/C21H32N2O5/c1-5-8-14-27-19(18(7-3)26-4)15-17(22-21(25)28-13-6-2)16-20(24)23-11-9-10-12-23/h6-7,15H,2-3,5,8-14,16H2,1,4H3,(H,22,25)/b17-15+,19-18-. The first-order valence-corrected chi connectivity index (χ1v) is 9.62. The van der Waals surface area contributed by atoms with E-state index >= 15 is 0 Å². The van der Waals surface area contributed by atoms with Crippen molar-refractivity contribution < 1.29 is 23.8 Å². The maximum absolute atomic E-state index is 12.6. The van der Waals surface area contributed by atoms with E-state index in [-0.39, 0.29) is 18.9 Å². The highest BCUT2D eigenvalue weighted by Crippen LogP contribution is 2.17. The Morgan fingerprint density at radius 1 is 1.14 bits per heavy atom.